The number of hydrazine groups is 1. The van der Waals surface area contributed by atoms with Gasteiger partial charge in [0.05, 0.1) is 35.9 Å². The van der Waals surface area contributed by atoms with E-state index in [1.54, 1.807) is 6.21 Å². The van der Waals surface area contributed by atoms with E-state index in [0.717, 1.165) is 34.0 Å². The van der Waals surface area contributed by atoms with Crippen LogP contribution < -0.4 is 21.0 Å². The summed E-state index contributed by atoms with van der Waals surface area (Å²) in [5, 5.41) is 8.79. The second-order valence-electron chi connectivity index (χ2n) is 7.67. The Morgan fingerprint density at radius 2 is 1.94 bits per heavy atom. The van der Waals surface area contributed by atoms with Crippen LogP contribution >= 0.6 is 0 Å². The summed E-state index contributed by atoms with van der Waals surface area (Å²) in [6.07, 6.45) is 2.24. The number of hydrazone groups is 1. The molecule has 166 valence electrons. The first-order valence-electron chi connectivity index (χ1n) is 10.8. The van der Waals surface area contributed by atoms with Crippen LogP contribution in [-0.2, 0) is 4.79 Å². The fourth-order valence-electron chi connectivity index (χ4n) is 3.89. The van der Waals surface area contributed by atoms with Crippen LogP contribution in [0, 0.1) is 13.8 Å². The molecular weight excluding hydrogens is 404 g/mol. The van der Waals surface area contributed by atoms with Gasteiger partial charge in [-0.25, -0.2) is 21.0 Å². The molecule has 0 spiro atoms. The Hall–Kier alpha value is -3.49. The number of aryl methyl sites for hydroxylation is 1. The lowest BCUT2D eigenvalue weighted by atomic mass is 10.0. The van der Waals surface area contributed by atoms with E-state index in [9.17, 15) is 4.79 Å². The molecule has 2 atom stereocenters. The zero-order chi connectivity index (χ0) is 22.5. The molecule has 2 unspecified atom stereocenters. The number of hydrogen-bond acceptors (Lipinski definition) is 6. The van der Waals surface area contributed by atoms with Gasteiger partial charge in [0.15, 0.2) is 0 Å². The molecule has 1 aliphatic rings. The Morgan fingerprint density at radius 3 is 2.72 bits per heavy atom. The molecule has 1 aromatic heterocycles. The van der Waals surface area contributed by atoms with Gasteiger partial charge < -0.3 is 4.74 Å². The van der Waals surface area contributed by atoms with Crippen molar-refractivity contribution in [3.63, 3.8) is 0 Å². The third-order valence-electron chi connectivity index (χ3n) is 5.53. The summed E-state index contributed by atoms with van der Waals surface area (Å²) in [6.45, 7) is 6.46. The standard InChI is InChI=1S/C24H28N6O2/c1-4-32-23-13-9-8-12-19(23)21-14-22(27-26-21)24(31)28-25-15-20-16(2)29-30(17(20)3)18-10-6-5-7-11-18/h5-13,15,21-22,26-27H,4,14H2,1-3H3,(H,28,31)/b25-15+. The van der Waals surface area contributed by atoms with Crippen molar-refractivity contribution in [1.29, 1.82) is 0 Å². The monoisotopic (exact) mass is 432 g/mol. The predicted molar refractivity (Wildman–Crippen MR) is 124 cm³/mol. The van der Waals surface area contributed by atoms with Crippen LogP contribution in [0.15, 0.2) is 59.7 Å². The molecule has 3 N–H and O–H groups in total. The van der Waals surface area contributed by atoms with Crippen LogP contribution in [-0.4, -0.2) is 34.6 Å². The van der Waals surface area contributed by atoms with Crippen LogP contribution in [0.1, 0.15) is 41.9 Å². The summed E-state index contributed by atoms with van der Waals surface area (Å²) in [6, 6.07) is 17.4. The van der Waals surface area contributed by atoms with Crippen molar-refractivity contribution in [2.75, 3.05) is 6.61 Å². The molecular formula is C24H28N6O2. The topological polar surface area (TPSA) is 92.6 Å². The number of nitrogens with zero attached hydrogens (tertiary/aromatic N) is 3. The minimum atomic E-state index is -0.402. The van der Waals surface area contributed by atoms with E-state index in [-0.39, 0.29) is 11.9 Å². The van der Waals surface area contributed by atoms with E-state index in [2.05, 4.69) is 26.5 Å². The predicted octanol–water partition coefficient (Wildman–Crippen LogP) is 2.95. The number of amides is 1. The van der Waals surface area contributed by atoms with Crippen molar-refractivity contribution in [1.82, 2.24) is 26.1 Å². The molecule has 8 nitrogen and oxygen atoms in total. The van der Waals surface area contributed by atoms with Gasteiger partial charge in [0, 0.05) is 11.1 Å². The van der Waals surface area contributed by atoms with Crippen LogP contribution in [0.4, 0.5) is 0 Å². The number of benzene rings is 2. The Balaban J connectivity index is 1.39. The van der Waals surface area contributed by atoms with Crippen molar-refractivity contribution >= 4 is 12.1 Å². The second-order valence-corrected chi connectivity index (χ2v) is 7.67. The van der Waals surface area contributed by atoms with Crippen LogP contribution in [0.25, 0.3) is 5.69 Å². The third kappa shape index (κ3) is 4.56. The maximum atomic E-state index is 12.6. The van der Waals surface area contributed by atoms with Gasteiger partial charge in [-0.3, -0.25) is 4.79 Å². The zero-order valence-corrected chi connectivity index (χ0v) is 18.5. The maximum Gasteiger partial charge on any atom is 0.258 e. The molecule has 8 heteroatoms. The number of carbonyl (C=O) groups is 1. The second kappa shape index (κ2) is 9.76. The molecule has 0 aliphatic carbocycles. The van der Waals surface area contributed by atoms with Gasteiger partial charge in [-0.15, -0.1) is 0 Å². The van der Waals surface area contributed by atoms with E-state index >= 15 is 0 Å². The third-order valence-corrected chi connectivity index (χ3v) is 5.53. The molecule has 0 radical (unpaired) electrons. The van der Waals surface area contributed by atoms with Crippen molar-refractivity contribution in [3.05, 3.63) is 77.1 Å². The first kappa shape index (κ1) is 21.7. The lowest BCUT2D eigenvalue weighted by Crippen LogP contribution is -2.41. The van der Waals surface area contributed by atoms with E-state index < -0.39 is 6.04 Å². The van der Waals surface area contributed by atoms with E-state index in [1.807, 2.05) is 80.1 Å². The number of aromatic nitrogens is 2. The highest BCUT2D eigenvalue weighted by Crippen LogP contribution is 2.30. The number of nitrogens with one attached hydrogen (secondary N) is 3. The Labute approximate surface area is 187 Å². The summed E-state index contributed by atoms with van der Waals surface area (Å²) < 4.78 is 7.59. The average Bonchev–Trinajstić information content (AvgIpc) is 3.41. The first-order valence-corrected chi connectivity index (χ1v) is 10.8. The molecule has 0 bridgehead atoms. The molecule has 32 heavy (non-hydrogen) atoms. The number of rotatable bonds is 7. The maximum absolute atomic E-state index is 12.6. The molecule has 1 amide bonds. The molecule has 2 aromatic carbocycles. The van der Waals surface area contributed by atoms with Gasteiger partial charge in [-0.1, -0.05) is 36.4 Å². The van der Waals surface area contributed by atoms with Crippen molar-refractivity contribution in [2.24, 2.45) is 5.10 Å². The molecule has 2 heterocycles. The highest BCUT2D eigenvalue weighted by Gasteiger charge is 2.31. The van der Waals surface area contributed by atoms with E-state index in [1.165, 1.54) is 0 Å². The van der Waals surface area contributed by atoms with Gasteiger partial charge in [-0.05, 0) is 45.4 Å². The number of hydrogen-bond donors (Lipinski definition) is 3. The van der Waals surface area contributed by atoms with Gasteiger partial charge in [0.1, 0.15) is 11.8 Å². The van der Waals surface area contributed by atoms with Crippen molar-refractivity contribution in [3.8, 4) is 11.4 Å². The molecule has 1 aliphatic heterocycles. The Morgan fingerprint density at radius 1 is 1.19 bits per heavy atom. The Kier molecular flexibility index (Phi) is 6.63. The molecule has 0 saturated carbocycles. The fourth-order valence-corrected chi connectivity index (χ4v) is 3.89. The summed E-state index contributed by atoms with van der Waals surface area (Å²) >= 11 is 0. The van der Waals surface area contributed by atoms with Crippen LogP contribution in [0.5, 0.6) is 5.75 Å². The molecule has 4 rings (SSSR count). The average molecular weight is 433 g/mol. The lowest BCUT2D eigenvalue weighted by molar-refractivity contribution is -0.122. The summed E-state index contributed by atoms with van der Waals surface area (Å²) in [5.74, 6) is 0.630. The number of carbonyl (C=O) groups excluding carboxylic acids is 1. The summed E-state index contributed by atoms with van der Waals surface area (Å²) in [5.41, 5.74) is 13.6. The Bertz CT molecular complexity index is 1110. The quantitative estimate of drug-likeness (QED) is 0.394. The van der Waals surface area contributed by atoms with Crippen LogP contribution in [0.3, 0.4) is 0 Å². The molecule has 1 fully saturated rings. The lowest BCUT2D eigenvalue weighted by Gasteiger charge is -2.15. The number of para-hydroxylation sites is 2. The smallest absolute Gasteiger partial charge is 0.258 e. The highest BCUT2D eigenvalue weighted by molar-refractivity contribution is 5.86. The minimum absolute atomic E-state index is 0.0222. The normalized spacial score (nSPS) is 18.2. The van der Waals surface area contributed by atoms with Gasteiger partial charge in [0.2, 0.25) is 0 Å². The van der Waals surface area contributed by atoms with Crippen molar-refractivity contribution < 1.29 is 9.53 Å². The summed E-state index contributed by atoms with van der Waals surface area (Å²) in [4.78, 5) is 12.6. The SMILES string of the molecule is CCOc1ccccc1C1CC(C(=O)N/N=C/c2c(C)nn(-c3ccccc3)c2C)NN1. The first-order chi connectivity index (χ1) is 15.6. The molecule has 1 saturated heterocycles. The van der Waals surface area contributed by atoms with E-state index in [0.29, 0.717) is 13.0 Å². The van der Waals surface area contributed by atoms with Crippen LogP contribution in [0.2, 0.25) is 0 Å². The molecule has 3 aromatic rings. The number of ether oxygens (including phenoxy) is 1. The largest absolute Gasteiger partial charge is 0.494 e. The zero-order valence-electron chi connectivity index (χ0n) is 18.5. The van der Waals surface area contributed by atoms with Gasteiger partial charge in [0.25, 0.3) is 5.91 Å². The van der Waals surface area contributed by atoms with E-state index in [4.69, 9.17) is 4.74 Å². The van der Waals surface area contributed by atoms with Gasteiger partial charge >= 0.3 is 0 Å². The van der Waals surface area contributed by atoms with Crippen molar-refractivity contribution in [2.45, 2.75) is 39.3 Å². The van der Waals surface area contributed by atoms with Gasteiger partial charge in [-0.2, -0.15) is 10.2 Å². The fraction of sp³-hybridized carbons (Fsp3) is 0.292. The summed E-state index contributed by atoms with van der Waals surface area (Å²) in [7, 11) is 0. The highest BCUT2D eigenvalue weighted by atomic mass is 16.5. The minimum Gasteiger partial charge on any atom is -0.494 e.